The van der Waals surface area contributed by atoms with E-state index in [0.717, 1.165) is 37.7 Å². The molecule has 2 heterocycles. The number of hydrogen-bond acceptors (Lipinski definition) is 4. The van der Waals surface area contributed by atoms with E-state index in [1.807, 2.05) is 17.9 Å². The number of rotatable bonds is 3. The topological polar surface area (TPSA) is 82.2 Å². The Morgan fingerprint density at radius 1 is 1.55 bits per heavy atom. The van der Waals surface area contributed by atoms with Crippen molar-refractivity contribution in [1.82, 2.24) is 15.1 Å². The third kappa shape index (κ3) is 2.45. The number of aromatic nitrogens is 2. The second-order valence-electron chi connectivity index (χ2n) is 5.68. The maximum Gasteiger partial charge on any atom is 0.249 e. The summed E-state index contributed by atoms with van der Waals surface area (Å²) in [4.78, 5) is 12.3. The second kappa shape index (κ2) is 5.54. The Morgan fingerprint density at radius 2 is 2.40 bits per heavy atom. The molecule has 3 N–H and O–H groups in total. The second-order valence-corrected chi connectivity index (χ2v) is 5.68. The van der Waals surface area contributed by atoms with Crippen molar-refractivity contribution in [1.29, 1.82) is 0 Å². The van der Waals surface area contributed by atoms with Crippen LogP contribution in [-0.4, -0.2) is 34.4 Å². The quantitative estimate of drug-likeness (QED) is 0.839. The van der Waals surface area contributed by atoms with Crippen LogP contribution in [0.2, 0.25) is 0 Å². The van der Waals surface area contributed by atoms with E-state index in [4.69, 9.17) is 10.5 Å². The third-order valence-electron chi connectivity index (χ3n) is 4.36. The van der Waals surface area contributed by atoms with Crippen LogP contribution in [0.15, 0.2) is 6.20 Å². The zero-order valence-corrected chi connectivity index (χ0v) is 11.8. The van der Waals surface area contributed by atoms with Crippen molar-refractivity contribution in [3.8, 4) is 0 Å². The van der Waals surface area contributed by atoms with Crippen molar-refractivity contribution >= 4 is 5.91 Å². The Hall–Kier alpha value is -1.40. The van der Waals surface area contributed by atoms with Gasteiger partial charge in [0.2, 0.25) is 5.91 Å². The number of fused-ring (bicyclic) bond motifs is 1. The SMILES string of the molecule is Cn1ncc2c1CCCC2NC(=O)[C@@H]1CC[C@H](CN)O1. The minimum Gasteiger partial charge on any atom is -0.364 e. The minimum absolute atomic E-state index is 0.0114. The van der Waals surface area contributed by atoms with Gasteiger partial charge in [-0.2, -0.15) is 5.10 Å². The van der Waals surface area contributed by atoms with Crippen LogP contribution in [0.25, 0.3) is 0 Å². The van der Waals surface area contributed by atoms with Gasteiger partial charge < -0.3 is 15.8 Å². The lowest BCUT2D eigenvalue weighted by molar-refractivity contribution is -0.132. The molecule has 0 radical (unpaired) electrons. The molecule has 1 aromatic rings. The van der Waals surface area contributed by atoms with Gasteiger partial charge in [-0.25, -0.2) is 0 Å². The number of hydrogen-bond donors (Lipinski definition) is 2. The van der Waals surface area contributed by atoms with Crippen LogP contribution in [0.3, 0.4) is 0 Å². The van der Waals surface area contributed by atoms with Crippen LogP contribution in [0.5, 0.6) is 0 Å². The first kappa shape index (κ1) is 13.6. The fraction of sp³-hybridized carbons (Fsp3) is 0.714. The van der Waals surface area contributed by atoms with Crippen LogP contribution >= 0.6 is 0 Å². The summed E-state index contributed by atoms with van der Waals surface area (Å²) in [6, 6.07) is 0.0699. The largest absolute Gasteiger partial charge is 0.364 e. The van der Waals surface area contributed by atoms with Crippen molar-refractivity contribution in [2.24, 2.45) is 12.8 Å². The van der Waals surface area contributed by atoms with Crippen molar-refractivity contribution in [3.63, 3.8) is 0 Å². The summed E-state index contributed by atoms with van der Waals surface area (Å²) >= 11 is 0. The molecule has 0 spiro atoms. The Labute approximate surface area is 118 Å². The summed E-state index contributed by atoms with van der Waals surface area (Å²) in [6.07, 6.45) is 6.28. The standard InChI is InChI=1S/C14H22N4O2/c1-18-12-4-2-3-11(10(12)8-16-18)17-14(19)13-6-5-9(7-15)20-13/h8-9,11,13H,2-7,15H2,1H3,(H,17,19)/t9-,11?,13+/m1/s1. The zero-order valence-electron chi connectivity index (χ0n) is 11.8. The predicted octanol–water partition coefficient (Wildman–Crippen LogP) is 0.420. The number of nitrogens with one attached hydrogen (secondary N) is 1. The van der Waals surface area contributed by atoms with E-state index in [1.54, 1.807) is 0 Å². The van der Waals surface area contributed by atoms with Gasteiger partial charge in [0.1, 0.15) is 6.10 Å². The number of aryl methyl sites for hydroxylation is 1. The van der Waals surface area contributed by atoms with Crippen LogP contribution < -0.4 is 11.1 Å². The smallest absolute Gasteiger partial charge is 0.249 e. The van der Waals surface area contributed by atoms with E-state index in [2.05, 4.69) is 10.4 Å². The van der Waals surface area contributed by atoms with E-state index in [0.29, 0.717) is 6.54 Å². The molecule has 3 atom stereocenters. The maximum absolute atomic E-state index is 12.3. The molecule has 3 rings (SSSR count). The molecule has 1 saturated heterocycles. The summed E-state index contributed by atoms with van der Waals surface area (Å²) in [5.74, 6) is -0.0114. The number of nitrogens with zero attached hydrogens (tertiary/aromatic N) is 2. The first-order valence-electron chi connectivity index (χ1n) is 7.35. The van der Waals surface area contributed by atoms with Gasteiger partial charge in [0, 0.05) is 24.8 Å². The maximum atomic E-state index is 12.3. The number of nitrogens with two attached hydrogens (primary N) is 1. The van der Waals surface area contributed by atoms with E-state index >= 15 is 0 Å². The van der Waals surface area contributed by atoms with Crippen LogP contribution in [-0.2, 0) is 23.0 Å². The molecule has 6 heteroatoms. The van der Waals surface area contributed by atoms with Gasteiger partial charge >= 0.3 is 0 Å². The van der Waals surface area contributed by atoms with Gasteiger partial charge in [0.15, 0.2) is 0 Å². The molecule has 2 aliphatic rings. The van der Waals surface area contributed by atoms with Gasteiger partial charge in [0.05, 0.1) is 18.3 Å². The lowest BCUT2D eigenvalue weighted by Gasteiger charge is -2.25. The highest BCUT2D eigenvalue weighted by Gasteiger charge is 2.32. The van der Waals surface area contributed by atoms with Crippen molar-refractivity contribution < 1.29 is 9.53 Å². The molecule has 6 nitrogen and oxygen atoms in total. The summed E-state index contributed by atoms with van der Waals surface area (Å²) in [6.45, 7) is 0.486. The molecule has 0 bridgehead atoms. The molecule has 1 aliphatic heterocycles. The normalized spacial score (nSPS) is 29.2. The summed E-state index contributed by atoms with van der Waals surface area (Å²) in [5, 5.41) is 7.41. The molecule has 1 aromatic heterocycles. The fourth-order valence-corrected chi connectivity index (χ4v) is 3.19. The summed E-state index contributed by atoms with van der Waals surface area (Å²) < 4.78 is 7.56. The molecule has 20 heavy (non-hydrogen) atoms. The Balaban J connectivity index is 1.65. The highest BCUT2D eigenvalue weighted by molar-refractivity contribution is 5.81. The number of ether oxygens (including phenoxy) is 1. The average Bonchev–Trinajstić information content (AvgIpc) is 3.07. The third-order valence-corrected chi connectivity index (χ3v) is 4.36. The van der Waals surface area contributed by atoms with Gasteiger partial charge in [0.25, 0.3) is 0 Å². The van der Waals surface area contributed by atoms with Crippen molar-refractivity contribution in [2.45, 2.75) is 50.4 Å². The number of amides is 1. The summed E-state index contributed by atoms with van der Waals surface area (Å²) in [5.41, 5.74) is 7.96. The first-order valence-corrected chi connectivity index (χ1v) is 7.35. The van der Waals surface area contributed by atoms with E-state index in [1.165, 1.54) is 5.69 Å². The van der Waals surface area contributed by atoms with Gasteiger partial charge in [-0.15, -0.1) is 0 Å². The Bertz CT molecular complexity index is 499. The van der Waals surface area contributed by atoms with Gasteiger partial charge in [-0.3, -0.25) is 9.48 Å². The molecule has 1 unspecified atom stereocenters. The number of carbonyl (C=O) groups excluding carboxylic acids is 1. The predicted molar refractivity (Wildman–Crippen MR) is 74.0 cm³/mol. The molecule has 1 amide bonds. The first-order chi connectivity index (χ1) is 9.69. The molecule has 110 valence electrons. The average molecular weight is 278 g/mol. The number of carbonyl (C=O) groups is 1. The molecular formula is C14H22N4O2. The lowest BCUT2D eigenvalue weighted by Crippen LogP contribution is -2.38. The monoisotopic (exact) mass is 278 g/mol. The van der Waals surface area contributed by atoms with Gasteiger partial charge in [-0.1, -0.05) is 0 Å². The Morgan fingerprint density at radius 3 is 3.15 bits per heavy atom. The lowest BCUT2D eigenvalue weighted by atomic mass is 9.93. The van der Waals surface area contributed by atoms with Gasteiger partial charge in [-0.05, 0) is 32.1 Å². The molecular weight excluding hydrogens is 256 g/mol. The molecule has 0 saturated carbocycles. The fourth-order valence-electron chi connectivity index (χ4n) is 3.19. The van der Waals surface area contributed by atoms with Crippen molar-refractivity contribution in [2.75, 3.05) is 6.54 Å². The van der Waals surface area contributed by atoms with E-state index in [-0.39, 0.29) is 24.2 Å². The van der Waals surface area contributed by atoms with Crippen LogP contribution in [0, 0.1) is 0 Å². The molecule has 1 fully saturated rings. The zero-order chi connectivity index (χ0) is 14.1. The molecule has 0 aromatic carbocycles. The molecule has 1 aliphatic carbocycles. The van der Waals surface area contributed by atoms with E-state index in [9.17, 15) is 4.79 Å². The minimum atomic E-state index is -0.342. The van der Waals surface area contributed by atoms with Crippen LogP contribution in [0.4, 0.5) is 0 Å². The highest BCUT2D eigenvalue weighted by atomic mass is 16.5. The van der Waals surface area contributed by atoms with Crippen LogP contribution in [0.1, 0.15) is 43.0 Å². The van der Waals surface area contributed by atoms with Crippen molar-refractivity contribution in [3.05, 3.63) is 17.5 Å². The highest BCUT2D eigenvalue weighted by Crippen LogP contribution is 2.30. The summed E-state index contributed by atoms with van der Waals surface area (Å²) in [7, 11) is 1.95. The van der Waals surface area contributed by atoms with E-state index < -0.39 is 0 Å². The Kier molecular flexibility index (Phi) is 3.76.